The summed E-state index contributed by atoms with van der Waals surface area (Å²) in [6.07, 6.45) is 1.65. The fraction of sp³-hybridized carbons (Fsp3) is 0.182. The van der Waals surface area contributed by atoms with Crippen LogP contribution in [0, 0.1) is 0 Å². The fourth-order valence-electron chi connectivity index (χ4n) is 3.28. The van der Waals surface area contributed by atoms with Gasteiger partial charge in [0.15, 0.2) is 0 Å². The molecule has 0 radical (unpaired) electrons. The lowest BCUT2D eigenvalue weighted by atomic mass is 10.1. The number of hydrogen-bond donors (Lipinski definition) is 2. The lowest BCUT2D eigenvalue weighted by Crippen LogP contribution is -2.49. The molecule has 7 nitrogen and oxygen atoms in total. The van der Waals surface area contributed by atoms with E-state index in [-0.39, 0.29) is 11.7 Å². The van der Waals surface area contributed by atoms with E-state index < -0.39 is 6.17 Å². The molecule has 1 atom stereocenters. The molecule has 1 aliphatic heterocycles. The summed E-state index contributed by atoms with van der Waals surface area (Å²) in [7, 11) is 1.60. The Morgan fingerprint density at radius 1 is 1.17 bits per heavy atom. The number of carbonyl (C=O) groups is 1. The number of nitrogens with two attached hydrogens (primary N) is 1. The predicted molar refractivity (Wildman–Crippen MR) is 111 cm³/mol. The summed E-state index contributed by atoms with van der Waals surface area (Å²) >= 11 is 0. The number of amides is 1. The number of furan rings is 1. The zero-order valence-corrected chi connectivity index (χ0v) is 16.0. The van der Waals surface area contributed by atoms with E-state index in [4.69, 9.17) is 14.9 Å². The van der Waals surface area contributed by atoms with Gasteiger partial charge < -0.3 is 25.1 Å². The van der Waals surface area contributed by atoms with E-state index in [1.807, 2.05) is 54.6 Å². The lowest BCUT2D eigenvalue weighted by molar-refractivity contribution is -0.114. The first kappa shape index (κ1) is 18.8. The van der Waals surface area contributed by atoms with Crippen molar-refractivity contribution in [3.8, 4) is 5.75 Å². The topological polar surface area (TPSA) is 93.1 Å². The minimum absolute atomic E-state index is 0.193. The molecule has 0 spiro atoms. The Balaban J connectivity index is 1.57. The molecule has 4 rings (SSSR count). The van der Waals surface area contributed by atoms with Crippen molar-refractivity contribution in [1.29, 1.82) is 0 Å². The third-order valence-corrected chi connectivity index (χ3v) is 4.80. The number of nitrogens with zero attached hydrogens (tertiary/aromatic N) is 2. The monoisotopic (exact) mass is 390 g/mol. The molecule has 7 heteroatoms. The van der Waals surface area contributed by atoms with Gasteiger partial charge in [-0.1, -0.05) is 30.3 Å². The van der Waals surface area contributed by atoms with Gasteiger partial charge in [0.25, 0.3) is 5.91 Å². The minimum atomic E-state index is -0.593. The highest BCUT2D eigenvalue weighted by Crippen LogP contribution is 2.36. The van der Waals surface area contributed by atoms with E-state index in [0.29, 0.717) is 18.2 Å². The standard InChI is InChI=1S/C22H22N4O3/c1-28-17-9-7-16(8-10-17)26-19(23)18-12-14-29-22(18)25-20(26)21(27)24-13-11-15-5-3-2-4-6-15/h2-10,12,14,19H,11,13,23H2,1H3,(H,24,27). The third kappa shape index (κ3) is 3.86. The Kier molecular flexibility index (Phi) is 5.31. The second-order valence-electron chi connectivity index (χ2n) is 6.62. The van der Waals surface area contributed by atoms with Gasteiger partial charge in [-0.15, -0.1) is 0 Å². The molecule has 0 aliphatic carbocycles. The van der Waals surface area contributed by atoms with Crippen molar-refractivity contribution in [3.05, 3.63) is 78.1 Å². The van der Waals surface area contributed by atoms with E-state index in [1.54, 1.807) is 18.1 Å². The molecule has 2 aromatic carbocycles. The van der Waals surface area contributed by atoms with Crippen molar-refractivity contribution in [2.24, 2.45) is 10.7 Å². The summed E-state index contributed by atoms with van der Waals surface area (Å²) in [5.74, 6) is 0.956. The number of hydrogen-bond acceptors (Lipinski definition) is 6. The van der Waals surface area contributed by atoms with Crippen LogP contribution >= 0.6 is 0 Å². The Bertz CT molecular complexity index is 1010. The molecular formula is C22H22N4O3. The Morgan fingerprint density at radius 3 is 2.66 bits per heavy atom. The van der Waals surface area contributed by atoms with Crippen LogP contribution in [0.5, 0.6) is 5.75 Å². The maximum atomic E-state index is 13.0. The maximum absolute atomic E-state index is 13.0. The van der Waals surface area contributed by atoms with Gasteiger partial charge >= 0.3 is 0 Å². The van der Waals surface area contributed by atoms with Crippen molar-refractivity contribution in [2.45, 2.75) is 12.6 Å². The van der Waals surface area contributed by atoms with Gasteiger partial charge in [0.1, 0.15) is 11.9 Å². The van der Waals surface area contributed by atoms with Crippen LogP contribution in [0.1, 0.15) is 17.3 Å². The van der Waals surface area contributed by atoms with Gasteiger partial charge in [0, 0.05) is 12.2 Å². The number of ether oxygens (including phenoxy) is 1. The van der Waals surface area contributed by atoms with Crippen molar-refractivity contribution >= 4 is 23.3 Å². The summed E-state index contributed by atoms with van der Waals surface area (Å²) in [6, 6.07) is 19.1. The summed E-state index contributed by atoms with van der Waals surface area (Å²) in [6.45, 7) is 0.485. The third-order valence-electron chi connectivity index (χ3n) is 4.80. The Hall–Kier alpha value is -3.58. The average Bonchev–Trinajstić information content (AvgIpc) is 3.24. The van der Waals surface area contributed by atoms with Gasteiger partial charge in [-0.05, 0) is 42.3 Å². The molecule has 0 saturated carbocycles. The number of aliphatic imine (C=N–C) groups is 1. The van der Waals surface area contributed by atoms with E-state index in [1.165, 1.54) is 6.26 Å². The van der Waals surface area contributed by atoms with Crippen LogP contribution in [-0.4, -0.2) is 25.4 Å². The number of amidine groups is 1. The molecular weight excluding hydrogens is 368 g/mol. The number of rotatable bonds is 6. The lowest BCUT2D eigenvalue weighted by Gasteiger charge is -2.33. The molecule has 2 heterocycles. The van der Waals surface area contributed by atoms with Crippen LogP contribution < -0.4 is 20.7 Å². The molecule has 3 aromatic rings. The highest BCUT2D eigenvalue weighted by molar-refractivity contribution is 6.44. The van der Waals surface area contributed by atoms with Crippen molar-refractivity contribution in [1.82, 2.24) is 5.32 Å². The van der Waals surface area contributed by atoms with Crippen LogP contribution in [0.15, 0.2) is 76.3 Å². The number of fused-ring (bicyclic) bond motifs is 1. The number of carbonyl (C=O) groups excluding carboxylic acids is 1. The maximum Gasteiger partial charge on any atom is 0.287 e. The number of benzene rings is 2. The Morgan fingerprint density at radius 2 is 1.93 bits per heavy atom. The van der Waals surface area contributed by atoms with Crippen LogP contribution in [0.4, 0.5) is 11.6 Å². The highest BCUT2D eigenvalue weighted by atomic mass is 16.5. The van der Waals surface area contributed by atoms with Gasteiger partial charge in [-0.3, -0.25) is 4.79 Å². The fourth-order valence-corrected chi connectivity index (χ4v) is 3.28. The first-order chi connectivity index (χ1) is 14.2. The largest absolute Gasteiger partial charge is 0.497 e. The zero-order valence-electron chi connectivity index (χ0n) is 16.0. The number of nitrogens with one attached hydrogen (secondary N) is 1. The molecule has 0 fully saturated rings. The van der Waals surface area contributed by atoms with Crippen molar-refractivity contribution in [2.75, 3.05) is 18.6 Å². The van der Waals surface area contributed by atoms with Gasteiger partial charge in [-0.2, -0.15) is 4.99 Å². The van der Waals surface area contributed by atoms with Crippen LogP contribution in [0.3, 0.4) is 0 Å². The predicted octanol–water partition coefficient (Wildman–Crippen LogP) is 3.15. The molecule has 1 aliphatic rings. The summed E-state index contributed by atoms with van der Waals surface area (Å²) < 4.78 is 10.6. The van der Waals surface area contributed by atoms with E-state index >= 15 is 0 Å². The highest BCUT2D eigenvalue weighted by Gasteiger charge is 2.34. The van der Waals surface area contributed by atoms with E-state index in [2.05, 4.69) is 10.3 Å². The first-order valence-corrected chi connectivity index (χ1v) is 9.34. The normalized spacial score (nSPS) is 15.4. The minimum Gasteiger partial charge on any atom is -0.497 e. The Labute approximate surface area is 168 Å². The molecule has 1 amide bonds. The van der Waals surface area contributed by atoms with E-state index in [9.17, 15) is 4.79 Å². The first-order valence-electron chi connectivity index (χ1n) is 9.34. The van der Waals surface area contributed by atoms with Crippen LogP contribution in [-0.2, 0) is 11.2 Å². The SMILES string of the molecule is COc1ccc(N2C(C(=O)NCCc3ccccc3)=Nc3occc3C2N)cc1. The second-order valence-corrected chi connectivity index (χ2v) is 6.62. The number of methoxy groups -OCH3 is 1. The molecule has 1 aromatic heterocycles. The van der Waals surface area contributed by atoms with Gasteiger partial charge in [0.05, 0.1) is 18.9 Å². The molecule has 0 saturated heterocycles. The molecule has 148 valence electrons. The summed E-state index contributed by atoms with van der Waals surface area (Å²) in [4.78, 5) is 19.1. The van der Waals surface area contributed by atoms with Gasteiger partial charge in [0.2, 0.25) is 11.7 Å². The summed E-state index contributed by atoms with van der Waals surface area (Å²) in [5.41, 5.74) is 9.07. The smallest absolute Gasteiger partial charge is 0.287 e. The molecule has 0 bridgehead atoms. The van der Waals surface area contributed by atoms with Crippen molar-refractivity contribution < 1.29 is 13.9 Å². The molecule has 3 N–H and O–H groups in total. The zero-order chi connectivity index (χ0) is 20.2. The quantitative estimate of drug-likeness (QED) is 0.674. The van der Waals surface area contributed by atoms with Gasteiger partial charge in [-0.25, -0.2) is 0 Å². The second kappa shape index (κ2) is 8.20. The van der Waals surface area contributed by atoms with Crippen LogP contribution in [0.2, 0.25) is 0 Å². The van der Waals surface area contributed by atoms with Crippen molar-refractivity contribution in [3.63, 3.8) is 0 Å². The molecule has 1 unspecified atom stereocenters. The average molecular weight is 390 g/mol. The molecule has 29 heavy (non-hydrogen) atoms. The summed E-state index contributed by atoms with van der Waals surface area (Å²) in [5, 5.41) is 2.93. The van der Waals surface area contributed by atoms with E-state index in [0.717, 1.165) is 23.2 Å². The number of anilines is 1. The van der Waals surface area contributed by atoms with Crippen LogP contribution in [0.25, 0.3) is 0 Å².